The first kappa shape index (κ1) is 24.1. The number of amides is 6. The highest BCUT2D eigenvalue weighted by molar-refractivity contribution is 6.32. The summed E-state index contributed by atoms with van der Waals surface area (Å²) >= 11 is 0. The molecular weight excluding hydrogens is 442 g/mol. The van der Waals surface area contributed by atoms with Crippen molar-refractivity contribution in [3.63, 3.8) is 0 Å². The number of nitrogens with one attached hydrogen (secondary N) is 3. The highest BCUT2D eigenvalue weighted by atomic mass is 16.5. The lowest BCUT2D eigenvalue weighted by atomic mass is 10.1. The number of urea groups is 1. The van der Waals surface area contributed by atoms with Crippen molar-refractivity contribution in [2.45, 2.75) is 13.8 Å². The molecule has 0 saturated carbocycles. The van der Waals surface area contributed by atoms with Crippen molar-refractivity contribution in [2.24, 2.45) is 16.9 Å². The average Bonchev–Trinajstić information content (AvgIpc) is 2.81. The molecule has 1 heterocycles. The molecule has 1 saturated heterocycles. The van der Waals surface area contributed by atoms with Crippen LogP contribution in [0.2, 0.25) is 0 Å². The van der Waals surface area contributed by atoms with Gasteiger partial charge in [0.1, 0.15) is 5.75 Å². The van der Waals surface area contributed by atoms with Crippen molar-refractivity contribution >= 4 is 47.2 Å². The lowest BCUT2D eigenvalue weighted by Crippen LogP contribution is -2.58. The molecule has 2 aromatic carbocycles. The Kier molecular flexibility index (Phi) is 7.36. The second kappa shape index (κ2) is 10.4. The molecule has 0 radical (unpaired) electrons. The summed E-state index contributed by atoms with van der Waals surface area (Å²) in [5.74, 6) is -3.64. The van der Waals surface area contributed by atoms with Crippen LogP contribution < -0.4 is 25.7 Å². The molecule has 11 heteroatoms. The van der Waals surface area contributed by atoms with Crippen molar-refractivity contribution in [2.75, 3.05) is 17.3 Å². The third kappa shape index (κ3) is 5.44. The summed E-state index contributed by atoms with van der Waals surface area (Å²) in [4.78, 5) is 62.1. The fourth-order valence-electron chi connectivity index (χ4n) is 2.94. The minimum Gasteiger partial charge on any atom is -0.497 e. The van der Waals surface area contributed by atoms with Crippen molar-refractivity contribution in [3.8, 4) is 5.75 Å². The van der Waals surface area contributed by atoms with Gasteiger partial charge in [-0.15, -0.1) is 0 Å². The minimum absolute atomic E-state index is 0.154. The van der Waals surface area contributed by atoms with Crippen LogP contribution in [0.15, 0.2) is 53.6 Å². The van der Waals surface area contributed by atoms with E-state index in [0.29, 0.717) is 11.4 Å². The van der Waals surface area contributed by atoms with Gasteiger partial charge in [-0.3, -0.25) is 24.5 Å². The number of carbonyl (C=O) groups excluding carboxylic acids is 5. The summed E-state index contributed by atoms with van der Waals surface area (Å²) in [5.41, 5.74) is 3.22. The Hall–Kier alpha value is -4.54. The fraction of sp³-hybridized carbons (Fsp3) is 0.217. The largest absolute Gasteiger partial charge is 0.497 e. The summed E-state index contributed by atoms with van der Waals surface area (Å²) in [6.07, 6.45) is 0.951. The van der Waals surface area contributed by atoms with Gasteiger partial charge in [-0.2, -0.15) is 5.10 Å². The number of benzene rings is 2. The number of hydrazone groups is 1. The van der Waals surface area contributed by atoms with Crippen molar-refractivity contribution in [1.29, 1.82) is 0 Å². The molecule has 1 fully saturated rings. The van der Waals surface area contributed by atoms with E-state index < -0.39 is 29.7 Å². The van der Waals surface area contributed by atoms with Gasteiger partial charge >= 0.3 is 6.03 Å². The molecular formula is C23H23N5O6. The molecule has 0 aliphatic carbocycles. The lowest BCUT2D eigenvalue weighted by molar-refractivity contribution is -0.131. The van der Waals surface area contributed by atoms with Gasteiger partial charge in [0.15, 0.2) is 5.92 Å². The quantitative estimate of drug-likeness (QED) is 0.323. The number of methoxy groups -OCH3 is 1. The van der Waals surface area contributed by atoms with Crippen LogP contribution in [0.3, 0.4) is 0 Å². The van der Waals surface area contributed by atoms with Crippen molar-refractivity contribution in [1.82, 2.24) is 10.7 Å². The Bertz CT molecular complexity index is 1160. The maximum absolute atomic E-state index is 12.8. The van der Waals surface area contributed by atoms with Crippen LogP contribution in [-0.4, -0.2) is 43.0 Å². The SMILES string of the molecule is COc1cccc(N2C(=O)NC(=O)[C@@H](/C=N\NC(=O)c3ccc(NC(=O)C(C)C)cc3)C2=O)c1. The molecule has 0 unspecified atom stereocenters. The molecule has 2 aromatic rings. The number of anilines is 2. The molecule has 6 amide bonds. The average molecular weight is 465 g/mol. The van der Waals surface area contributed by atoms with Crippen LogP contribution in [0, 0.1) is 11.8 Å². The van der Waals surface area contributed by atoms with Crippen molar-refractivity contribution < 1.29 is 28.7 Å². The van der Waals surface area contributed by atoms with Gasteiger partial charge in [0.05, 0.1) is 12.8 Å². The van der Waals surface area contributed by atoms with Crippen LogP contribution in [-0.2, 0) is 14.4 Å². The molecule has 3 N–H and O–H groups in total. The van der Waals surface area contributed by atoms with E-state index in [0.717, 1.165) is 11.1 Å². The highest BCUT2D eigenvalue weighted by Crippen LogP contribution is 2.24. The third-order valence-corrected chi connectivity index (χ3v) is 4.84. The van der Waals surface area contributed by atoms with Gasteiger partial charge in [-0.1, -0.05) is 19.9 Å². The second-order valence-electron chi connectivity index (χ2n) is 7.59. The van der Waals surface area contributed by atoms with E-state index in [4.69, 9.17) is 4.74 Å². The zero-order valence-corrected chi connectivity index (χ0v) is 18.7. The summed E-state index contributed by atoms with van der Waals surface area (Å²) in [7, 11) is 1.44. The number of hydrogen-bond donors (Lipinski definition) is 3. The fourth-order valence-corrected chi connectivity index (χ4v) is 2.94. The maximum atomic E-state index is 12.8. The summed E-state index contributed by atoms with van der Waals surface area (Å²) < 4.78 is 5.10. The van der Waals surface area contributed by atoms with Gasteiger partial charge < -0.3 is 10.1 Å². The van der Waals surface area contributed by atoms with E-state index in [1.807, 2.05) is 0 Å². The Balaban J connectivity index is 1.67. The number of nitrogens with zero attached hydrogens (tertiary/aromatic N) is 2. The van der Waals surface area contributed by atoms with Gasteiger partial charge in [0.2, 0.25) is 11.8 Å². The van der Waals surface area contributed by atoms with Crippen LogP contribution in [0.5, 0.6) is 5.75 Å². The second-order valence-corrected chi connectivity index (χ2v) is 7.59. The minimum atomic E-state index is -1.43. The number of barbiturate groups is 1. The van der Waals surface area contributed by atoms with Crippen LogP contribution >= 0.6 is 0 Å². The number of ether oxygens (including phenoxy) is 1. The molecule has 34 heavy (non-hydrogen) atoms. The summed E-state index contributed by atoms with van der Waals surface area (Å²) in [5, 5.41) is 8.52. The zero-order chi connectivity index (χ0) is 24.8. The van der Waals surface area contributed by atoms with E-state index in [9.17, 15) is 24.0 Å². The summed E-state index contributed by atoms with van der Waals surface area (Å²) in [6.45, 7) is 3.52. The molecule has 0 aromatic heterocycles. The van der Waals surface area contributed by atoms with E-state index in [2.05, 4.69) is 21.2 Å². The Morgan fingerprint density at radius 3 is 2.47 bits per heavy atom. The topological polar surface area (TPSA) is 146 Å². The van der Waals surface area contributed by atoms with Gasteiger partial charge in [0, 0.05) is 29.4 Å². The van der Waals surface area contributed by atoms with Crippen LogP contribution in [0.25, 0.3) is 0 Å². The van der Waals surface area contributed by atoms with Crippen LogP contribution in [0.4, 0.5) is 16.2 Å². The third-order valence-electron chi connectivity index (χ3n) is 4.84. The molecule has 1 aliphatic heterocycles. The standard InChI is InChI=1S/C23H23N5O6/c1-13(2)19(29)25-15-9-7-14(8-10-15)20(30)27-24-12-18-21(31)26-23(33)28(22(18)32)16-5-4-6-17(11-16)34-3/h4-13,18H,1-3H3,(H,25,29)(H,27,30)(H,26,31,33)/b24-12-/t18-/m1/s1. The number of carbonyl (C=O) groups is 5. The molecule has 1 aliphatic rings. The molecule has 0 spiro atoms. The Labute approximate surface area is 195 Å². The molecule has 176 valence electrons. The predicted octanol–water partition coefficient (Wildman–Crippen LogP) is 1.90. The van der Waals surface area contributed by atoms with Crippen molar-refractivity contribution in [3.05, 3.63) is 54.1 Å². The summed E-state index contributed by atoms with van der Waals surface area (Å²) in [6, 6.07) is 11.4. The smallest absolute Gasteiger partial charge is 0.335 e. The first-order valence-electron chi connectivity index (χ1n) is 10.3. The van der Waals surface area contributed by atoms with Gasteiger partial charge in [-0.05, 0) is 36.4 Å². The first-order valence-corrected chi connectivity index (χ1v) is 10.3. The normalized spacial score (nSPS) is 15.9. The number of rotatable bonds is 7. The van der Waals surface area contributed by atoms with Gasteiger partial charge in [0.25, 0.3) is 11.8 Å². The predicted molar refractivity (Wildman–Crippen MR) is 123 cm³/mol. The van der Waals surface area contributed by atoms with E-state index in [1.54, 1.807) is 38.1 Å². The first-order chi connectivity index (χ1) is 16.2. The molecule has 1 atom stereocenters. The van der Waals surface area contributed by atoms with Crippen LogP contribution in [0.1, 0.15) is 24.2 Å². The van der Waals surface area contributed by atoms with E-state index >= 15 is 0 Å². The maximum Gasteiger partial charge on any atom is 0.335 e. The monoisotopic (exact) mass is 465 g/mol. The number of hydrogen-bond acceptors (Lipinski definition) is 7. The molecule has 11 nitrogen and oxygen atoms in total. The molecule has 0 bridgehead atoms. The van der Waals surface area contributed by atoms with E-state index in [-0.39, 0.29) is 23.1 Å². The Morgan fingerprint density at radius 1 is 1.12 bits per heavy atom. The molecule has 3 rings (SSSR count). The Morgan fingerprint density at radius 2 is 1.82 bits per heavy atom. The van der Waals surface area contributed by atoms with Gasteiger partial charge in [-0.25, -0.2) is 15.1 Å². The lowest BCUT2D eigenvalue weighted by Gasteiger charge is -2.28. The number of imide groups is 2. The zero-order valence-electron chi connectivity index (χ0n) is 18.7. The highest BCUT2D eigenvalue weighted by Gasteiger charge is 2.40. The van der Waals surface area contributed by atoms with E-state index in [1.165, 1.54) is 31.4 Å².